The van der Waals surface area contributed by atoms with Crippen molar-refractivity contribution in [3.63, 3.8) is 0 Å². The third-order valence-electron chi connectivity index (χ3n) is 1.92. The van der Waals surface area contributed by atoms with Gasteiger partial charge in [0.25, 0.3) is 0 Å². The Morgan fingerprint density at radius 2 is 1.80 bits per heavy atom. The molecule has 0 unspecified atom stereocenters. The number of carbonyl (C=O) groups excluding carboxylic acids is 1. The lowest BCUT2D eigenvalue weighted by atomic mass is 10.1. The summed E-state index contributed by atoms with van der Waals surface area (Å²) >= 11 is 0. The Balaban J connectivity index is 2.77. The molecule has 5 heteroatoms. The van der Waals surface area contributed by atoms with Gasteiger partial charge in [-0.3, -0.25) is 4.79 Å². The molecule has 1 aromatic rings. The Hall–Kier alpha value is -1.52. The fraction of sp³-hybridized carbons (Fsp3) is 0.300. The van der Waals surface area contributed by atoms with Gasteiger partial charge < -0.3 is 5.32 Å². The Morgan fingerprint density at radius 1 is 1.27 bits per heavy atom. The van der Waals surface area contributed by atoms with Crippen molar-refractivity contribution in [1.29, 1.82) is 0 Å². The van der Waals surface area contributed by atoms with Crippen molar-refractivity contribution in [2.45, 2.75) is 12.6 Å². The van der Waals surface area contributed by atoms with Crippen LogP contribution in [0.3, 0.4) is 0 Å². The van der Waals surface area contributed by atoms with E-state index in [4.69, 9.17) is 0 Å². The SMILES string of the molecule is CNC(=O)Cc1ccc(C(F)(F)F)cc1. The van der Waals surface area contributed by atoms with E-state index in [-0.39, 0.29) is 12.3 Å². The number of amides is 1. The Bertz CT molecular complexity index is 343. The molecule has 0 saturated carbocycles. The zero-order valence-corrected chi connectivity index (χ0v) is 8.06. The van der Waals surface area contributed by atoms with E-state index in [1.54, 1.807) is 0 Å². The first-order chi connectivity index (χ1) is 6.93. The molecule has 0 bridgehead atoms. The van der Waals surface area contributed by atoms with Crippen molar-refractivity contribution in [2.75, 3.05) is 7.05 Å². The summed E-state index contributed by atoms with van der Waals surface area (Å²) < 4.78 is 36.5. The van der Waals surface area contributed by atoms with E-state index < -0.39 is 11.7 Å². The molecule has 0 aliphatic heterocycles. The number of halogens is 3. The summed E-state index contributed by atoms with van der Waals surface area (Å²) in [6, 6.07) is 4.55. The molecule has 0 spiro atoms. The molecule has 82 valence electrons. The zero-order valence-electron chi connectivity index (χ0n) is 8.06. The molecule has 0 aromatic heterocycles. The molecule has 0 fully saturated rings. The minimum Gasteiger partial charge on any atom is -0.359 e. The first-order valence-electron chi connectivity index (χ1n) is 4.30. The molecular formula is C10H10F3NO. The van der Waals surface area contributed by atoms with E-state index in [1.165, 1.54) is 19.2 Å². The van der Waals surface area contributed by atoms with Crippen LogP contribution in [-0.4, -0.2) is 13.0 Å². The monoisotopic (exact) mass is 217 g/mol. The molecule has 0 radical (unpaired) electrons. The van der Waals surface area contributed by atoms with Crippen molar-refractivity contribution in [3.8, 4) is 0 Å². The second-order valence-electron chi connectivity index (χ2n) is 3.04. The predicted octanol–water partition coefficient (Wildman–Crippen LogP) is 1.99. The van der Waals surface area contributed by atoms with Gasteiger partial charge in [0.1, 0.15) is 0 Å². The van der Waals surface area contributed by atoms with Gasteiger partial charge in [0, 0.05) is 7.05 Å². The smallest absolute Gasteiger partial charge is 0.359 e. The lowest BCUT2D eigenvalue weighted by molar-refractivity contribution is -0.137. The van der Waals surface area contributed by atoms with E-state index in [1.807, 2.05) is 0 Å². The highest BCUT2D eigenvalue weighted by molar-refractivity contribution is 5.78. The Kier molecular flexibility index (Phi) is 3.34. The van der Waals surface area contributed by atoms with Crippen LogP contribution >= 0.6 is 0 Å². The third-order valence-corrected chi connectivity index (χ3v) is 1.92. The summed E-state index contributed by atoms with van der Waals surface area (Å²) in [5, 5.41) is 2.40. The first-order valence-corrected chi connectivity index (χ1v) is 4.30. The molecule has 0 heterocycles. The summed E-state index contributed by atoms with van der Waals surface area (Å²) in [4.78, 5) is 10.9. The van der Waals surface area contributed by atoms with Gasteiger partial charge in [0.2, 0.25) is 5.91 Å². The number of rotatable bonds is 2. The predicted molar refractivity (Wildman–Crippen MR) is 49.2 cm³/mol. The van der Waals surface area contributed by atoms with Gasteiger partial charge in [-0.05, 0) is 17.7 Å². The molecule has 0 saturated heterocycles. The molecule has 1 amide bonds. The van der Waals surface area contributed by atoms with Crippen LogP contribution < -0.4 is 5.32 Å². The summed E-state index contributed by atoms with van der Waals surface area (Å²) in [7, 11) is 1.48. The number of hydrogen-bond acceptors (Lipinski definition) is 1. The van der Waals surface area contributed by atoms with E-state index in [0.29, 0.717) is 5.56 Å². The Morgan fingerprint density at radius 3 is 2.20 bits per heavy atom. The Labute approximate surface area is 85.1 Å². The third kappa shape index (κ3) is 3.27. The van der Waals surface area contributed by atoms with Gasteiger partial charge in [-0.1, -0.05) is 12.1 Å². The summed E-state index contributed by atoms with van der Waals surface area (Å²) in [5.41, 5.74) is -0.148. The average molecular weight is 217 g/mol. The highest BCUT2D eigenvalue weighted by atomic mass is 19.4. The molecule has 1 aromatic carbocycles. The summed E-state index contributed by atoms with van der Waals surface area (Å²) in [6.07, 6.45) is -4.24. The van der Waals surface area contributed by atoms with Gasteiger partial charge >= 0.3 is 6.18 Å². The van der Waals surface area contributed by atoms with Crippen molar-refractivity contribution in [3.05, 3.63) is 35.4 Å². The molecule has 0 atom stereocenters. The van der Waals surface area contributed by atoms with Crippen LogP contribution in [0.1, 0.15) is 11.1 Å². The first kappa shape index (κ1) is 11.6. The van der Waals surface area contributed by atoms with E-state index >= 15 is 0 Å². The van der Waals surface area contributed by atoms with Crippen molar-refractivity contribution < 1.29 is 18.0 Å². The highest BCUT2D eigenvalue weighted by Gasteiger charge is 2.29. The minimum absolute atomic E-state index is 0.0919. The standard InChI is InChI=1S/C10H10F3NO/c1-14-9(15)6-7-2-4-8(5-3-7)10(11,12)13/h2-5H,6H2,1H3,(H,14,15). The maximum atomic E-state index is 12.2. The zero-order chi connectivity index (χ0) is 11.5. The quantitative estimate of drug-likeness (QED) is 0.806. The molecule has 0 aliphatic carbocycles. The van der Waals surface area contributed by atoms with Crippen LogP contribution in [0.5, 0.6) is 0 Å². The molecule has 1 N–H and O–H groups in total. The van der Waals surface area contributed by atoms with Crippen LogP contribution in [0.25, 0.3) is 0 Å². The number of likely N-dealkylation sites (N-methyl/N-ethyl adjacent to an activating group) is 1. The van der Waals surface area contributed by atoms with Crippen LogP contribution in [0, 0.1) is 0 Å². The molecule has 15 heavy (non-hydrogen) atoms. The normalized spacial score (nSPS) is 11.2. The van der Waals surface area contributed by atoms with Crippen molar-refractivity contribution >= 4 is 5.91 Å². The topological polar surface area (TPSA) is 29.1 Å². The lowest BCUT2D eigenvalue weighted by Gasteiger charge is -2.07. The number of nitrogens with one attached hydrogen (secondary N) is 1. The molecular weight excluding hydrogens is 207 g/mol. The maximum absolute atomic E-state index is 12.2. The largest absolute Gasteiger partial charge is 0.416 e. The number of carbonyl (C=O) groups is 1. The van der Waals surface area contributed by atoms with Crippen LogP contribution in [-0.2, 0) is 17.4 Å². The fourth-order valence-corrected chi connectivity index (χ4v) is 1.09. The fourth-order valence-electron chi connectivity index (χ4n) is 1.09. The van der Waals surface area contributed by atoms with Crippen LogP contribution in [0.15, 0.2) is 24.3 Å². The van der Waals surface area contributed by atoms with Crippen molar-refractivity contribution in [1.82, 2.24) is 5.32 Å². The van der Waals surface area contributed by atoms with E-state index in [9.17, 15) is 18.0 Å². The lowest BCUT2D eigenvalue weighted by Crippen LogP contribution is -2.19. The van der Waals surface area contributed by atoms with Gasteiger partial charge in [-0.2, -0.15) is 13.2 Å². The average Bonchev–Trinajstić information content (AvgIpc) is 2.17. The number of alkyl halides is 3. The van der Waals surface area contributed by atoms with Crippen LogP contribution in [0.4, 0.5) is 13.2 Å². The van der Waals surface area contributed by atoms with E-state index in [2.05, 4.69) is 5.32 Å². The molecule has 2 nitrogen and oxygen atoms in total. The summed E-state index contributed by atoms with van der Waals surface area (Å²) in [5.74, 6) is -0.227. The second kappa shape index (κ2) is 4.33. The summed E-state index contributed by atoms with van der Waals surface area (Å²) in [6.45, 7) is 0. The van der Waals surface area contributed by atoms with Crippen LogP contribution in [0.2, 0.25) is 0 Å². The van der Waals surface area contributed by atoms with Gasteiger partial charge in [0.15, 0.2) is 0 Å². The van der Waals surface area contributed by atoms with Gasteiger partial charge in [-0.25, -0.2) is 0 Å². The number of benzene rings is 1. The molecule has 1 rings (SSSR count). The molecule has 0 aliphatic rings. The van der Waals surface area contributed by atoms with Gasteiger partial charge in [-0.15, -0.1) is 0 Å². The maximum Gasteiger partial charge on any atom is 0.416 e. The number of hydrogen-bond donors (Lipinski definition) is 1. The minimum atomic E-state index is -4.33. The van der Waals surface area contributed by atoms with Gasteiger partial charge in [0.05, 0.1) is 12.0 Å². The van der Waals surface area contributed by atoms with Crippen molar-refractivity contribution in [2.24, 2.45) is 0 Å². The van der Waals surface area contributed by atoms with E-state index in [0.717, 1.165) is 12.1 Å². The second-order valence-corrected chi connectivity index (χ2v) is 3.04. The highest BCUT2D eigenvalue weighted by Crippen LogP contribution is 2.29.